The van der Waals surface area contributed by atoms with Gasteiger partial charge in [0.25, 0.3) is 5.91 Å². The van der Waals surface area contributed by atoms with Crippen LogP contribution >= 0.6 is 11.3 Å². The highest BCUT2D eigenvalue weighted by molar-refractivity contribution is 7.13. The number of aromatic nitrogens is 1. The van der Waals surface area contributed by atoms with Crippen molar-refractivity contribution in [2.24, 2.45) is 0 Å². The van der Waals surface area contributed by atoms with Crippen molar-refractivity contribution < 1.29 is 9.21 Å². The molecule has 0 spiro atoms. The Hall–Kier alpha value is -1.66. The second-order valence-corrected chi connectivity index (χ2v) is 5.29. The van der Waals surface area contributed by atoms with Crippen molar-refractivity contribution in [2.45, 2.75) is 6.42 Å². The largest absolute Gasteiger partial charge is 0.462 e. The first-order valence-corrected chi connectivity index (χ1v) is 6.97. The van der Waals surface area contributed by atoms with E-state index in [4.69, 9.17) is 4.42 Å². The van der Waals surface area contributed by atoms with E-state index < -0.39 is 0 Å². The summed E-state index contributed by atoms with van der Waals surface area (Å²) >= 11 is 1.41. The van der Waals surface area contributed by atoms with Gasteiger partial charge in [0.15, 0.2) is 10.8 Å². The summed E-state index contributed by atoms with van der Waals surface area (Å²) in [5, 5.41) is 5.34. The summed E-state index contributed by atoms with van der Waals surface area (Å²) in [7, 11) is 4.02. The van der Waals surface area contributed by atoms with Crippen LogP contribution in [0.3, 0.4) is 0 Å². The van der Waals surface area contributed by atoms with E-state index in [0.29, 0.717) is 18.0 Å². The van der Waals surface area contributed by atoms with Gasteiger partial charge in [-0.2, -0.15) is 0 Å². The third kappa shape index (κ3) is 3.90. The maximum absolute atomic E-state index is 11.9. The molecule has 2 rings (SSSR count). The van der Waals surface area contributed by atoms with Crippen molar-refractivity contribution in [1.82, 2.24) is 15.2 Å². The molecule has 0 radical (unpaired) electrons. The molecule has 0 aliphatic carbocycles. The van der Waals surface area contributed by atoms with Gasteiger partial charge in [0.1, 0.15) is 5.69 Å². The Balaban J connectivity index is 1.86. The lowest BCUT2D eigenvalue weighted by Crippen LogP contribution is -2.27. The Morgan fingerprint density at radius 2 is 2.37 bits per heavy atom. The van der Waals surface area contributed by atoms with Crippen LogP contribution in [-0.2, 0) is 0 Å². The first kappa shape index (κ1) is 13.8. The highest BCUT2D eigenvalue weighted by Gasteiger charge is 2.12. The summed E-state index contributed by atoms with van der Waals surface area (Å²) in [5.74, 6) is 0.560. The average Bonchev–Trinajstić information content (AvgIpc) is 3.03. The Morgan fingerprint density at radius 3 is 3.05 bits per heavy atom. The first-order valence-electron chi connectivity index (χ1n) is 6.09. The number of hydrogen-bond acceptors (Lipinski definition) is 5. The van der Waals surface area contributed by atoms with Crippen LogP contribution in [0.2, 0.25) is 0 Å². The van der Waals surface area contributed by atoms with Crippen molar-refractivity contribution in [3.63, 3.8) is 0 Å². The lowest BCUT2D eigenvalue weighted by molar-refractivity contribution is 0.0948. The fourth-order valence-electron chi connectivity index (χ4n) is 1.58. The summed E-state index contributed by atoms with van der Waals surface area (Å²) in [6.45, 7) is 1.61. The molecule has 0 aliphatic rings. The molecule has 0 fully saturated rings. The number of carbonyl (C=O) groups excluding carboxylic acids is 1. The summed E-state index contributed by atoms with van der Waals surface area (Å²) in [4.78, 5) is 18.2. The van der Waals surface area contributed by atoms with E-state index in [1.165, 1.54) is 11.3 Å². The van der Waals surface area contributed by atoms with Crippen molar-refractivity contribution in [3.05, 3.63) is 29.5 Å². The molecule has 0 saturated carbocycles. The SMILES string of the molecule is CN(C)CCCNC(=O)c1csc(-c2ccco2)n1. The zero-order valence-electron chi connectivity index (χ0n) is 11.0. The second kappa shape index (κ2) is 6.49. The predicted molar refractivity (Wildman–Crippen MR) is 75.3 cm³/mol. The Labute approximate surface area is 116 Å². The molecule has 102 valence electrons. The van der Waals surface area contributed by atoms with Gasteiger partial charge in [0, 0.05) is 11.9 Å². The molecule has 0 unspecified atom stereocenters. The minimum atomic E-state index is -0.132. The minimum Gasteiger partial charge on any atom is -0.462 e. The van der Waals surface area contributed by atoms with Crippen LogP contribution in [0.25, 0.3) is 10.8 Å². The maximum atomic E-state index is 11.9. The zero-order valence-corrected chi connectivity index (χ0v) is 11.9. The van der Waals surface area contributed by atoms with E-state index in [1.54, 1.807) is 17.7 Å². The van der Waals surface area contributed by atoms with Gasteiger partial charge in [0.2, 0.25) is 0 Å². The fraction of sp³-hybridized carbons (Fsp3) is 0.385. The molecule has 2 aromatic heterocycles. The predicted octanol–water partition coefficient (Wildman–Crippen LogP) is 2.08. The Morgan fingerprint density at radius 1 is 1.53 bits per heavy atom. The fourth-order valence-corrected chi connectivity index (χ4v) is 2.35. The summed E-state index contributed by atoms with van der Waals surface area (Å²) in [5.41, 5.74) is 0.446. The number of thiazole rings is 1. The lowest BCUT2D eigenvalue weighted by atomic mass is 10.3. The molecule has 0 aromatic carbocycles. The van der Waals surface area contributed by atoms with Crippen LogP contribution in [0.15, 0.2) is 28.2 Å². The van der Waals surface area contributed by atoms with Gasteiger partial charge >= 0.3 is 0 Å². The highest BCUT2D eigenvalue weighted by Crippen LogP contribution is 2.23. The van der Waals surface area contributed by atoms with E-state index in [-0.39, 0.29) is 5.91 Å². The maximum Gasteiger partial charge on any atom is 0.270 e. The summed E-state index contributed by atoms with van der Waals surface area (Å²) < 4.78 is 5.25. The molecule has 1 N–H and O–H groups in total. The molecule has 6 heteroatoms. The van der Waals surface area contributed by atoms with Crippen molar-refractivity contribution in [2.75, 3.05) is 27.2 Å². The van der Waals surface area contributed by atoms with Gasteiger partial charge < -0.3 is 14.6 Å². The third-order valence-electron chi connectivity index (χ3n) is 2.54. The second-order valence-electron chi connectivity index (χ2n) is 4.43. The average molecular weight is 279 g/mol. The Bertz CT molecular complexity index is 520. The molecular formula is C13H17N3O2S. The van der Waals surface area contributed by atoms with Gasteiger partial charge in [-0.05, 0) is 39.2 Å². The standard InChI is InChI=1S/C13H17N3O2S/c1-16(2)7-4-6-14-12(17)10-9-19-13(15-10)11-5-3-8-18-11/h3,5,8-9H,4,6-7H2,1-2H3,(H,14,17). The first-order chi connectivity index (χ1) is 9.16. The van der Waals surface area contributed by atoms with E-state index in [0.717, 1.165) is 18.0 Å². The lowest BCUT2D eigenvalue weighted by Gasteiger charge is -2.09. The molecular weight excluding hydrogens is 262 g/mol. The molecule has 0 saturated heterocycles. The van der Waals surface area contributed by atoms with Crippen molar-refractivity contribution in [1.29, 1.82) is 0 Å². The van der Waals surface area contributed by atoms with E-state index in [1.807, 2.05) is 20.2 Å². The van der Waals surface area contributed by atoms with Gasteiger partial charge in [-0.25, -0.2) is 4.98 Å². The van der Waals surface area contributed by atoms with Gasteiger partial charge in [-0.1, -0.05) is 0 Å². The molecule has 2 heterocycles. The van der Waals surface area contributed by atoms with Gasteiger partial charge in [-0.3, -0.25) is 4.79 Å². The van der Waals surface area contributed by atoms with E-state index in [2.05, 4.69) is 15.2 Å². The van der Waals surface area contributed by atoms with Gasteiger partial charge in [0.05, 0.1) is 6.26 Å². The molecule has 0 bridgehead atoms. The third-order valence-corrected chi connectivity index (χ3v) is 3.39. The number of nitrogens with one attached hydrogen (secondary N) is 1. The van der Waals surface area contributed by atoms with Gasteiger partial charge in [-0.15, -0.1) is 11.3 Å². The minimum absolute atomic E-state index is 0.132. The van der Waals surface area contributed by atoms with Crippen LogP contribution in [-0.4, -0.2) is 43.0 Å². The van der Waals surface area contributed by atoms with Crippen LogP contribution in [0.5, 0.6) is 0 Å². The van der Waals surface area contributed by atoms with Crippen molar-refractivity contribution in [3.8, 4) is 10.8 Å². The van der Waals surface area contributed by atoms with E-state index >= 15 is 0 Å². The van der Waals surface area contributed by atoms with Crippen molar-refractivity contribution >= 4 is 17.2 Å². The smallest absolute Gasteiger partial charge is 0.270 e. The van der Waals surface area contributed by atoms with Crippen LogP contribution in [0.4, 0.5) is 0 Å². The summed E-state index contributed by atoms with van der Waals surface area (Å²) in [6.07, 6.45) is 2.52. The number of carbonyl (C=O) groups is 1. The molecule has 2 aromatic rings. The molecule has 0 atom stereocenters. The number of nitrogens with zero attached hydrogens (tertiary/aromatic N) is 2. The Kier molecular flexibility index (Phi) is 4.70. The molecule has 19 heavy (non-hydrogen) atoms. The zero-order chi connectivity index (χ0) is 13.7. The number of amides is 1. The van der Waals surface area contributed by atoms with E-state index in [9.17, 15) is 4.79 Å². The normalized spacial score (nSPS) is 10.9. The molecule has 5 nitrogen and oxygen atoms in total. The quantitative estimate of drug-likeness (QED) is 0.823. The highest BCUT2D eigenvalue weighted by atomic mass is 32.1. The van der Waals surface area contributed by atoms with Crippen LogP contribution < -0.4 is 5.32 Å². The number of rotatable bonds is 6. The molecule has 1 amide bonds. The summed E-state index contributed by atoms with van der Waals surface area (Å²) in [6, 6.07) is 3.63. The monoisotopic (exact) mass is 279 g/mol. The topological polar surface area (TPSA) is 58.4 Å². The van der Waals surface area contributed by atoms with Crippen LogP contribution in [0, 0.1) is 0 Å². The number of furan rings is 1. The van der Waals surface area contributed by atoms with Crippen LogP contribution in [0.1, 0.15) is 16.9 Å². The molecule has 0 aliphatic heterocycles. The number of hydrogen-bond donors (Lipinski definition) is 1.